The van der Waals surface area contributed by atoms with Gasteiger partial charge >= 0.3 is 0 Å². The smallest absolute Gasteiger partial charge is 0.267 e. The number of aromatic nitrogens is 2. The number of carbonyl (C=O) groups excluding carboxylic acids is 1. The summed E-state index contributed by atoms with van der Waals surface area (Å²) in [5.41, 5.74) is 2.59. The first-order chi connectivity index (χ1) is 11.5. The van der Waals surface area contributed by atoms with Crippen LogP contribution in [0.1, 0.15) is 49.9 Å². The molecule has 2 aromatic rings. The van der Waals surface area contributed by atoms with E-state index in [1.807, 2.05) is 38.1 Å². The maximum absolute atomic E-state index is 13.0. The number of anilines is 1. The number of carbonyl (C=O) groups is 1. The van der Waals surface area contributed by atoms with Crippen LogP contribution in [-0.2, 0) is 4.79 Å². The third-order valence-electron chi connectivity index (χ3n) is 4.55. The van der Waals surface area contributed by atoms with Gasteiger partial charge in [0.2, 0.25) is 0 Å². The average Bonchev–Trinajstić information content (AvgIpc) is 3.42. The summed E-state index contributed by atoms with van der Waals surface area (Å²) in [5.74, 6) is 0.326. The summed E-state index contributed by atoms with van der Waals surface area (Å²) >= 11 is 0. The zero-order valence-corrected chi connectivity index (χ0v) is 14.4. The molecule has 1 aromatic carbocycles. The standard InChI is InChI=1S/C19H23N3O2/c1-4-21(17-8-6-5-7-13(17)2)19(24)14(3)22-18(23)12-11-16(20-22)15-9-10-15/h5-8,11-12,14-15H,4,9-10H2,1-3H3. The highest BCUT2D eigenvalue weighted by atomic mass is 16.2. The van der Waals surface area contributed by atoms with E-state index < -0.39 is 6.04 Å². The van der Waals surface area contributed by atoms with E-state index in [4.69, 9.17) is 0 Å². The van der Waals surface area contributed by atoms with Crippen LogP contribution < -0.4 is 10.5 Å². The second-order valence-corrected chi connectivity index (χ2v) is 6.36. The molecular weight excluding hydrogens is 302 g/mol. The van der Waals surface area contributed by atoms with Crippen molar-refractivity contribution in [1.82, 2.24) is 9.78 Å². The molecule has 3 rings (SSSR count). The van der Waals surface area contributed by atoms with E-state index in [2.05, 4.69) is 5.10 Å². The molecule has 126 valence electrons. The van der Waals surface area contributed by atoms with Crippen molar-refractivity contribution in [1.29, 1.82) is 0 Å². The summed E-state index contributed by atoms with van der Waals surface area (Å²) in [4.78, 5) is 26.9. The minimum Gasteiger partial charge on any atom is -0.311 e. The minimum atomic E-state index is -0.629. The lowest BCUT2D eigenvalue weighted by Gasteiger charge is -2.26. The molecule has 0 bridgehead atoms. The van der Waals surface area contributed by atoms with Crippen molar-refractivity contribution in [2.24, 2.45) is 0 Å². The van der Waals surface area contributed by atoms with Gasteiger partial charge in [-0.25, -0.2) is 4.68 Å². The molecule has 0 N–H and O–H groups in total. The lowest BCUT2D eigenvalue weighted by molar-refractivity contribution is -0.121. The highest BCUT2D eigenvalue weighted by molar-refractivity contribution is 5.96. The summed E-state index contributed by atoms with van der Waals surface area (Å²) in [7, 11) is 0. The number of likely N-dealkylation sites (N-methyl/N-ethyl adjacent to an activating group) is 1. The molecule has 1 aliphatic rings. The van der Waals surface area contributed by atoms with Crippen molar-refractivity contribution >= 4 is 11.6 Å². The van der Waals surface area contributed by atoms with Crippen molar-refractivity contribution < 1.29 is 4.79 Å². The van der Waals surface area contributed by atoms with Gasteiger partial charge in [-0.1, -0.05) is 18.2 Å². The summed E-state index contributed by atoms with van der Waals surface area (Å²) in [6.07, 6.45) is 2.22. The van der Waals surface area contributed by atoms with E-state index in [9.17, 15) is 9.59 Å². The molecule has 5 heteroatoms. The predicted molar refractivity (Wildman–Crippen MR) is 94.4 cm³/mol. The van der Waals surface area contributed by atoms with Gasteiger partial charge in [-0.05, 0) is 51.3 Å². The first-order valence-electron chi connectivity index (χ1n) is 8.49. The first-order valence-corrected chi connectivity index (χ1v) is 8.49. The van der Waals surface area contributed by atoms with E-state index in [0.29, 0.717) is 12.5 Å². The Morgan fingerprint density at radius 2 is 2.00 bits per heavy atom. The van der Waals surface area contributed by atoms with Crippen LogP contribution in [0.3, 0.4) is 0 Å². The molecule has 24 heavy (non-hydrogen) atoms. The lowest BCUT2D eigenvalue weighted by Crippen LogP contribution is -2.40. The van der Waals surface area contributed by atoms with Crippen LogP contribution in [0.15, 0.2) is 41.2 Å². The molecule has 1 saturated carbocycles. The monoisotopic (exact) mass is 325 g/mol. The Bertz CT molecular complexity index is 808. The van der Waals surface area contributed by atoms with E-state index in [-0.39, 0.29) is 11.5 Å². The largest absolute Gasteiger partial charge is 0.311 e. The Labute approximate surface area is 141 Å². The molecule has 1 atom stereocenters. The number of nitrogens with zero attached hydrogens (tertiary/aromatic N) is 3. The first kappa shape index (κ1) is 16.4. The minimum absolute atomic E-state index is 0.116. The molecule has 1 amide bonds. The third-order valence-corrected chi connectivity index (χ3v) is 4.55. The van der Waals surface area contributed by atoms with E-state index >= 15 is 0 Å². The fourth-order valence-electron chi connectivity index (χ4n) is 2.96. The molecule has 1 aliphatic carbocycles. The number of hydrogen-bond donors (Lipinski definition) is 0. The summed E-state index contributed by atoms with van der Waals surface area (Å²) < 4.78 is 1.33. The molecule has 0 spiro atoms. The van der Waals surface area contributed by atoms with Crippen LogP contribution in [-0.4, -0.2) is 22.2 Å². The van der Waals surface area contributed by atoms with E-state index in [0.717, 1.165) is 29.8 Å². The third kappa shape index (κ3) is 3.11. The molecule has 1 aromatic heterocycles. The van der Waals surface area contributed by atoms with Crippen molar-refractivity contribution in [2.45, 2.75) is 45.6 Å². The van der Waals surface area contributed by atoms with Gasteiger partial charge in [0.1, 0.15) is 6.04 Å². The number of rotatable bonds is 5. The summed E-state index contributed by atoms with van der Waals surface area (Å²) in [5, 5.41) is 4.44. The fraction of sp³-hybridized carbons (Fsp3) is 0.421. The molecule has 0 saturated heterocycles. The Hall–Kier alpha value is -2.43. The Kier molecular flexibility index (Phi) is 4.51. The summed E-state index contributed by atoms with van der Waals surface area (Å²) in [6.45, 7) is 6.21. The van der Waals surface area contributed by atoms with Crippen molar-refractivity contribution in [3.63, 3.8) is 0 Å². The van der Waals surface area contributed by atoms with Gasteiger partial charge in [-0.15, -0.1) is 0 Å². The molecule has 5 nitrogen and oxygen atoms in total. The number of para-hydroxylation sites is 1. The van der Waals surface area contributed by atoms with Gasteiger partial charge in [-0.3, -0.25) is 9.59 Å². The van der Waals surface area contributed by atoms with E-state index in [1.165, 1.54) is 10.7 Å². The van der Waals surface area contributed by atoms with Crippen LogP contribution in [0.2, 0.25) is 0 Å². The Balaban J connectivity index is 1.92. The second kappa shape index (κ2) is 6.59. The van der Waals surface area contributed by atoms with Gasteiger partial charge in [0.05, 0.1) is 5.69 Å². The van der Waals surface area contributed by atoms with Crippen LogP contribution in [0.25, 0.3) is 0 Å². The average molecular weight is 325 g/mol. The molecule has 0 radical (unpaired) electrons. The van der Waals surface area contributed by atoms with Crippen molar-refractivity contribution in [2.75, 3.05) is 11.4 Å². The number of benzene rings is 1. The topological polar surface area (TPSA) is 55.2 Å². The van der Waals surface area contributed by atoms with Crippen LogP contribution in [0.5, 0.6) is 0 Å². The lowest BCUT2D eigenvalue weighted by atomic mass is 10.1. The number of hydrogen-bond acceptors (Lipinski definition) is 3. The fourth-order valence-corrected chi connectivity index (χ4v) is 2.96. The predicted octanol–water partition coefficient (Wildman–Crippen LogP) is 3.04. The second-order valence-electron chi connectivity index (χ2n) is 6.36. The van der Waals surface area contributed by atoms with Crippen LogP contribution in [0, 0.1) is 6.92 Å². The van der Waals surface area contributed by atoms with Gasteiger partial charge in [0.15, 0.2) is 0 Å². The highest BCUT2D eigenvalue weighted by Gasteiger charge is 2.28. The summed E-state index contributed by atoms with van der Waals surface area (Å²) in [6, 6.07) is 10.5. The number of amides is 1. The van der Waals surface area contributed by atoms with Gasteiger partial charge in [0, 0.05) is 24.2 Å². The molecule has 1 fully saturated rings. The van der Waals surface area contributed by atoms with Crippen LogP contribution >= 0.6 is 0 Å². The number of aryl methyl sites for hydroxylation is 1. The maximum atomic E-state index is 13.0. The quantitative estimate of drug-likeness (QED) is 0.849. The van der Waals surface area contributed by atoms with Crippen molar-refractivity contribution in [3.05, 3.63) is 58.0 Å². The molecule has 1 unspecified atom stereocenters. The normalized spacial score (nSPS) is 15.1. The molecule has 0 aliphatic heterocycles. The Morgan fingerprint density at radius 3 is 2.62 bits per heavy atom. The van der Waals surface area contributed by atoms with E-state index in [1.54, 1.807) is 17.9 Å². The van der Waals surface area contributed by atoms with Crippen LogP contribution in [0.4, 0.5) is 5.69 Å². The van der Waals surface area contributed by atoms with Crippen molar-refractivity contribution in [3.8, 4) is 0 Å². The van der Waals surface area contributed by atoms with Gasteiger partial charge in [0.25, 0.3) is 11.5 Å². The highest BCUT2D eigenvalue weighted by Crippen LogP contribution is 2.38. The molecular formula is C19H23N3O2. The maximum Gasteiger partial charge on any atom is 0.267 e. The zero-order valence-electron chi connectivity index (χ0n) is 14.4. The SMILES string of the molecule is CCN(C(=O)C(C)n1nc(C2CC2)ccc1=O)c1ccccc1C. The van der Waals surface area contributed by atoms with Gasteiger partial charge < -0.3 is 4.90 Å². The Morgan fingerprint density at radius 1 is 1.29 bits per heavy atom. The molecule has 1 heterocycles. The zero-order chi connectivity index (χ0) is 17.3. The van der Waals surface area contributed by atoms with Gasteiger partial charge in [-0.2, -0.15) is 5.10 Å².